The van der Waals surface area contributed by atoms with Crippen LogP contribution in [0.1, 0.15) is 77.2 Å². The maximum absolute atomic E-state index is 11.6. The molecule has 1 aromatic rings. The molecule has 0 heterocycles. The summed E-state index contributed by atoms with van der Waals surface area (Å²) in [5, 5.41) is 0. The van der Waals surface area contributed by atoms with E-state index in [0.29, 0.717) is 6.61 Å². The molecule has 0 aliphatic carbocycles. The van der Waals surface area contributed by atoms with Gasteiger partial charge in [0.05, 0.1) is 19.4 Å². The van der Waals surface area contributed by atoms with Crippen LogP contribution in [0, 0.1) is 5.92 Å². The molecule has 0 aromatic heterocycles. The minimum absolute atomic E-state index is 0.0710. The van der Waals surface area contributed by atoms with E-state index < -0.39 is 0 Å². The fourth-order valence-corrected chi connectivity index (χ4v) is 2.63. The second-order valence-corrected chi connectivity index (χ2v) is 7.17. The van der Waals surface area contributed by atoms with Crippen LogP contribution < -0.4 is 0 Å². The molecule has 0 atom stereocenters. The first kappa shape index (κ1) is 22.2. The van der Waals surface area contributed by atoms with Crippen molar-refractivity contribution in [2.75, 3.05) is 6.61 Å². The van der Waals surface area contributed by atoms with Crippen LogP contribution in [0.15, 0.2) is 30.3 Å². The van der Waals surface area contributed by atoms with E-state index >= 15 is 0 Å². The van der Waals surface area contributed by atoms with E-state index in [9.17, 15) is 9.59 Å². The van der Waals surface area contributed by atoms with Crippen molar-refractivity contribution in [2.45, 2.75) is 78.2 Å². The van der Waals surface area contributed by atoms with Crippen LogP contribution in [-0.4, -0.2) is 18.5 Å². The number of rotatable bonds is 14. The lowest BCUT2D eigenvalue weighted by molar-refractivity contribution is -0.151. The maximum atomic E-state index is 11.6. The quantitative estimate of drug-likeness (QED) is 0.327. The van der Waals surface area contributed by atoms with Gasteiger partial charge in [0.25, 0.3) is 0 Å². The number of hydrogen-bond donors (Lipinski definition) is 0. The topological polar surface area (TPSA) is 52.6 Å². The van der Waals surface area contributed by atoms with Crippen molar-refractivity contribution < 1.29 is 19.1 Å². The Hall–Kier alpha value is -1.84. The van der Waals surface area contributed by atoms with Crippen molar-refractivity contribution in [3.63, 3.8) is 0 Å². The molecule has 146 valence electrons. The Balaban J connectivity index is 1.92. The zero-order valence-electron chi connectivity index (χ0n) is 16.4. The minimum Gasteiger partial charge on any atom is -0.466 e. The Morgan fingerprint density at radius 3 is 2.04 bits per heavy atom. The van der Waals surface area contributed by atoms with Crippen molar-refractivity contribution in [3.05, 3.63) is 35.9 Å². The number of carbonyl (C=O) groups is 2. The third kappa shape index (κ3) is 12.5. The van der Waals surface area contributed by atoms with Gasteiger partial charge in [-0.3, -0.25) is 9.59 Å². The average Bonchev–Trinajstić information content (AvgIpc) is 2.64. The molecule has 0 aliphatic heterocycles. The molecule has 0 amide bonds. The third-order valence-electron chi connectivity index (χ3n) is 4.21. The largest absolute Gasteiger partial charge is 0.466 e. The fourth-order valence-electron chi connectivity index (χ4n) is 2.63. The Bertz CT molecular complexity index is 496. The second kappa shape index (κ2) is 14.3. The summed E-state index contributed by atoms with van der Waals surface area (Å²) in [5.41, 5.74) is 0.938. The average molecular weight is 363 g/mol. The van der Waals surface area contributed by atoms with Gasteiger partial charge in [-0.15, -0.1) is 0 Å². The zero-order chi connectivity index (χ0) is 19.0. The Morgan fingerprint density at radius 1 is 0.808 bits per heavy atom. The lowest BCUT2D eigenvalue weighted by atomic mass is 10.0. The molecule has 0 saturated heterocycles. The van der Waals surface area contributed by atoms with Crippen LogP contribution in [0.25, 0.3) is 0 Å². The predicted octanol–water partition coefficient (Wildman–Crippen LogP) is 5.44. The number of carbonyl (C=O) groups excluding carboxylic acids is 2. The number of ether oxygens (including phenoxy) is 2. The van der Waals surface area contributed by atoms with Crippen molar-refractivity contribution >= 4 is 11.9 Å². The SMILES string of the molecule is CC(C)CCCCCCCCOC(=O)CCC(=O)OCc1ccccc1. The Kier molecular flexibility index (Phi) is 12.2. The van der Waals surface area contributed by atoms with Crippen molar-refractivity contribution in [3.8, 4) is 0 Å². The van der Waals surface area contributed by atoms with Crippen LogP contribution in [0.2, 0.25) is 0 Å². The minimum atomic E-state index is -0.368. The summed E-state index contributed by atoms with van der Waals surface area (Å²) in [5.74, 6) is 0.107. The van der Waals surface area contributed by atoms with Crippen LogP contribution in [0.5, 0.6) is 0 Å². The summed E-state index contributed by atoms with van der Waals surface area (Å²) >= 11 is 0. The number of esters is 2. The standard InChI is InChI=1S/C22H34O4/c1-19(2)12-8-5-3-4-6-11-17-25-21(23)15-16-22(24)26-18-20-13-9-7-10-14-20/h7,9-10,13-14,19H,3-6,8,11-12,15-18H2,1-2H3. The molecule has 1 aromatic carbocycles. The van der Waals surface area contributed by atoms with Crippen molar-refractivity contribution in [1.82, 2.24) is 0 Å². The summed E-state index contributed by atoms with van der Waals surface area (Å²) in [4.78, 5) is 23.3. The third-order valence-corrected chi connectivity index (χ3v) is 4.21. The van der Waals surface area contributed by atoms with Gasteiger partial charge in [-0.2, -0.15) is 0 Å². The number of hydrogen-bond acceptors (Lipinski definition) is 4. The van der Waals surface area contributed by atoms with Crippen LogP contribution in [0.4, 0.5) is 0 Å². The molecule has 0 N–H and O–H groups in total. The van der Waals surface area contributed by atoms with Gasteiger partial charge in [-0.05, 0) is 17.9 Å². The van der Waals surface area contributed by atoms with Crippen LogP contribution >= 0.6 is 0 Å². The van der Waals surface area contributed by atoms with E-state index in [-0.39, 0.29) is 31.4 Å². The van der Waals surface area contributed by atoms with E-state index in [1.165, 1.54) is 32.1 Å². The van der Waals surface area contributed by atoms with Gasteiger partial charge in [0.2, 0.25) is 0 Å². The molecule has 26 heavy (non-hydrogen) atoms. The van der Waals surface area contributed by atoms with Gasteiger partial charge < -0.3 is 9.47 Å². The summed E-state index contributed by atoms with van der Waals surface area (Å²) in [6.07, 6.45) is 8.52. The van der Waals surface area contributed by atoms with E-state index in [1.807, 2.05) is 30.3 Å². The molecule has 0 spiro atoms. The molecular formula is C22H34O4. The summed E-state index contributed by atoms with van der Waals surface area (Å²) in [6.45, 7) is 5.21. The molecule has 1 rings (SSSR count). The maximum Gasteiger partial charge on any atom is 0.306 e. The second-order valence-electron chi connectivity index (χ2n) is 7.17. The highest BCUT2D eigenvalue weighted by Crippen LogP contribution is 2.11. The highest BCUT2D eigenvalue weighted by atomic mass is 16.5. The fraction of sp³-hybridized carbons (Fsp3) is 0.636. The van der Waals surface area contributed by atoms with Gasteiger partial charge in [0.15, 0.2) is 0 Å². The molecule has 0 bridgehead atoms. The Morgan fingerprint density at radius 2 is 1.38 bits per heavy atom. The molecule has 0 aliphatic rings. The highest BCUT2D eigenvalue weighted by molar-refractivity contribution is 5.77. The first-order valence-corrected chi connectivity index (χ1v) is 9.93. The molecular weight excluding hydrogens is 328 g/mol. The Labute approximate surface area is 158 Å². The smallest absolute Gasteiger partial charge is 0.306 e. The molecule has 0 saturated carbocycles. The van der Waals surface area contributed by atoms with Gasteiger partial charge in [0.1, 0.15) is 6.61 Å². The summed E-state index contributed by atoms with van der Waals surface area (Å²) in [6, 6.07) is 9.49. The summed E-state index contributed by atoms with van der Waals surface area (Å²) in [7, 11) is 0. The van der Waals surface area contributed by atoms with E-state index in [2.05, 4.69) is 13.8 Å². The monoisotopic (exact) mass is 362 g/mol. The first-order chi connectivity index (χ1) is 12.6. The summed E-state index contributed by atoms with van der Waals surface area (Å²) < 4.78 is 10.3. The van der Waals surface area contributed by atoms with E-state index in [4.69, 9.17) is 9.47 Å². The molecule has 0 radical (unpaired) electrons. The number of benzene rings is 1. The van der Waals surface area contributed by atoms with Crippen molar-refractivity contribution in [1.29, 1.82) is 0 Å². The molecule has 4 nitrogen and oxygen atoms in total. The normalized spacial score (nSPS) is 10.7. The van der Waals surface area contributed by atoms with Crippen LogP contribution in [-0.2, 0) is 25.7 Å². The lowest BCUT2D eigenvalue weighted by Crippen LogP contribution is -2.11. The molecule has 4 heteroatoms. The number of unbranched alkanes of at least 4 members (excludes halogenated alkanes) is 5. The van der Waals surface area contributed by atoms with Crippen molar-refractivity contribution in [2.24, 2.45) is 5.92 Å². The molecule has 0 fully saturated rings. The van der Waals surface area contributed by atoms with E-state index in [0.717, 1.165) is 24.3 Å². The van der Waals surface area contributed by atoms with Gasteiger partial charge in [-0.25, -0.2) is 0 Å². The van der Waals surface area contributed by atoms with Gasteiger partial charge in [-0.1, -0.05) is 82.7 Å². The van der Waals surface area contributed by atoms with Gasteiger partial charge in [0, 0.05) is 0 Å². The zero-order valence-corrected chi connectivity index (χ0v) is 16.4. The lowest BCUT2D eigenvalue weighted by Gasteiger charge is -2.06. The first-order valence-electron chi connectivity index (χ1n) is 9.93. The van der Waals surface area contributed by atoms with E-state index in [1.54, 1.807) is 0 Å². The van der Waals surface area contributed by atoms with Crippen LogP contribution in [0.3, 0.4) is 0 Å². The molecule has 0 unspecified atom stereocenters. The predicted molar refractivity (Wildman–Crippen MR) is 104 cm³/mol. The van der Waals surface area contributed by atoms with Gasteiger partial charge >= 0.3 is 11.9 Å². The highest BCUT2D eigenvalue weighted by Gasteiger charge is 2.09.